The van der Waals surface area contributed by atoms with Gasteiger partial charge in [0.1, 0.15) is 9.85 Å². The van der Waals surface area contributed by atoms with Crippen molar-refractivity contribution in [3.05, 3.63) is 20.2 Å². The molecule has 0 spiro atoms. The maximum absolute atomic E-state index is 10.4. The molecule has 0 saturated carbocycles. The van der Waals surface area contributed by atoms with Crippen molar-refractivity contribution >= 4 is 12.9 Å². The Kier molecular flexibility index (Phi) is 4.64. The molecule has 0 aliphatic heterocycles. The molecule has 0 bridgehead atoms. The zero-order valence-corrected chi connectivity index (χ0v) is 7.23. The summed E-state index contributed by atoms with van der Waals surface area (Å²) in [7, 11) is 0. The van der Waals surface area contributed by atoms with E-state index in [0.29, 0.717) is 0 Å². The van der Waals surface area contributed by atoms with Crippen LogP contribution in [0.4, 0.5) is 0 Å². The average molecular weight is 222 g/mol. The molecule has 0 saturated heterocycles. The second-order valence-electron chi connectivity index (χ2n) is 2.31. The van der Waals surface area contributed by atoms with Crippen LogP contribution in [0.5, 0.6) is 0 Å². The van der Waals surface area contributed by atoms with Gasteiger partial charge in [-0.3, -0.25) is 29.8 Å². The largest absolute Gasteiger partial charge is 0.523 e. The van der Waals surface area contributed by atoms with Gasteiger partial charge < -0.3 is 9.47 Å². The Morgan fingerprint density at radius 3 is 1.53 bits per heavy atom. The van der Waals surface area contributed by atoms with E-state index in [9.17, 15) is 29.8 Å². The molecular formula is C5H6N2O8. The molecular weight excluding hydrogens is 216 g/mol. The summed E-state index contributed by atoms with van der Waals surface area (Å²) in [5.41, 5.74) is -2.86. The zero-order chi connectivity index (χ0) is 11.9. The third-order valence-electron chi connectivity index (χ3n) is 1.44. The fourth-order valence-corrected chi connectivity index (χ4v) is 0.654. The van der Waals surface area contributed by atoms with Gasteiger partial charge in [-0.2, -0.15) is 0 Å². The summed E-state index contributed by atoms with van der Waals surface area (Å²) in [6.07, 6.45) is 0. The number of nitrogens with zero attached hydrogens (tertiary/aromatic N) is 2. The maximum atomic E-state index is 10.4. The summed E-state index contributed by atoms with van der Waals surface area (Å²) < 4.78 is 7.92. The Morgan fingerprint density at radius 2 is 1.33 bits per heavy atom. The van der Waals surface area contributed by atoms with E-state index in [2.05, 4.69) is 9.47 Å². The van der Waals surface area contributed by atoms with Crippen molar-refractivity contribution in [1.29, 1.82) is 0 Å². The molecule has 0 N–H and O–H groups in total. The second kappa shape index (κ2) is 5.47. The number of nitro groups is 2. The SMILES string of the molecule is O=COCC(COC=O)([N+](=O)[O-])[N+](=O)[O-]. The zero-order valence-electron chi connectivity index (χ0n) is 7.23. The normalized spacial score (nSPS) is 10.1. The quantitative estimate of drug-likeness (QED) is 0.211. The molecule has 0 radical (unpaired) electrons. The van der Waals surface area contributed by atoms with Crippen molar-refractivity contribution in [1.82, 2.24) is 0 Å². The minimum Gasteiger partial charge on any atom is -0.452 e. The second-order valence-corrected chi connectivity index (χ2v) is 2.31. The first-order valence-electron chi connectivity index (χ1n) is 3.40. The van der Waals surface area contributed by atoms with Gasteiger partial charge in [0.15, 0.2) is 0 Å². The highest BCUT2D eigenvalue weighted by Crippen LogP contribution is 2.12. The van der Waals surface area contributed by atoms with E-state index in [4.69, 9.17) is 0 Å². The minimum absolute atomic E-state index is 0.178. The molecule has 0 unspecified atom stereocenters. The Bertz CT molecular complexity index is 248. The number of hydrogen-bond acceptors (Lipinski definition) is 8. The Hall–Kier alpha value is -2.26. The van der Waals surface area contributed by atoms with Gasteiger partial charge in [0.2, 0.25) is 13.2 Å². The van der Waals surface area contributed by atoms with Crippen molar-refractivity contribution in [3.8, 4) is 0 Å². The number of ether oxygens (including phenoxy) is 2. The third kappa shape index (κ3) is 2.86. The van der Waals surface area contributed by atoms with E-state index in [1.807, 2.05) is 0 Å². The van der Waals surface area contributed by atoms with Gasteiger partial charge in [-0.1, -0.05) is 0 Å². The van der Waals surface area contributed by atoms with Crippen LogP contribution in [0.15, 0.2) is 0 Å². The Morgan fingerprint density at radius 1 is 1.00 bits per heavy atom. The van der Waals surface area contributed by atoms with Gasteiger partial charge in [-0.15, -0.1) is 0 Å². The van der Waals surface area contributed by atoms with E-state index in [1.165, 1.54) is 0 Å². The van der Waals surface area contributed by atoms with Gasteiger partial charge in [0.05, 0.1) is 0 Å². The molecule has 0 aliphatic rings. The lowest BCUT2D eigenvalue weighted by Crippen LogP contribution is -2.54. The van der Waals surface area contributed by atoms with Gasteiger partial charge in [-0.05, 0) is 0 Å². The molecule has 0 atom stereocenters. The summed E-state index contributed by atoms with van der Waals surface area (Å²) >= 11 is 0. The van der Waals surface area contributed by atoms with Crippen LogP contribution in [0.3, 0.4) is 0 Å². The van der Waals surface area contributed by atoms with Crippen LogP contribution in [0.2, 0.25) is 0 Å². The van der Waals surface area contributed by atoms with Crippen LogP contribution < -0.4 is 0 Å². The highest BCUT2D eigenvalue weighted by Gasteiger charge is 2.58. The van der Waals surface area contributed by atoms with Gasteiger partial charge >= 0.3 is 5.66 Å². The van der Waals surface area contributed by atoms with E-state index in [1.54, 1.807) is 0 Å². The fraction of sp³-hybridized carbons (Fsp3) is 0.600. The molecule has 10 nitrogen and oxygen atoms in total. The summed E-state index contributed by atoms with van der Waals surface area (Å²) in [5, 5.41) is 20.9. The molecule has 0 aromatic carbocycles. The number of rotatable bonds is 8. The molecule has 0 aliphatic carbocycles. The molecule has 0 amide bonds. The highest BCUT2D eigenvalue weighted by atomic mass is 16.7. The topological polar surface area (TPSA) is 139 Å². The minimum atomic E-state index is -2.86. The fourth-order valence-electron chi connectivity index (χ4n) is 0.654. The smallest absolute Gasteiger partial charge is 0.452 e. The lowest BCUT2D eigenvalue weighted by Gasteiger charge is -2.14. The first-order chi connectivity index (χ1) is 7.01. The van der Waals surface area contributed by atoms with Crippen LogP contribution in [0.1, 0.15) is 0 Å². The standard InChI is InChI=1S/C5H6N2O8/c8-3-14-1-5(6(10)11,7(12)13)2-15-4-9/h3-4H,1-2H2. The molecule has 0 aromatic heterocycles. The van der Waals surface area contributed by atoms with Crippen molar-refractivity contribution < 1.29 is 28.9 Å². The summed E-state index contributed by atoms with van der Waals surface area (Å²) in [6.45, 7) is -2.60. The van der Waals surface area contributed by atoms with Gasteiger partial charge in [0.25, 0.3) is 12.9 Å². The molecule has 15 heavy (non-hydrogen) atoms. The summed E-state index contributed by atoms with van der Waals surface area (Å²) in [4.78, 5) is 37.9. The molecule has 84 valence electrons. The molecule has 10 heteroatoms. The Balaban J connectivity index is 4.88. The van der Waals surface area contributed by atoms with Gasteiger partial charge in [0, 0.05) is 0 Å². The first-order valence-corrected chi connectivity index (χ1v) is 3.40. The van der Waals surface area contributed by atoms with Gasteiger partial charge in [-0.25, -0.2) is 0 Å². The number of carbonyl (C=O) groups excluding carboxylic acids is 2. The van der Waals surface area contributed by atoms with Crippen LogP contribution in [-0.2, 0) is 19.1 Å². The van der Waals surface area contributed by atoms with Crippen molar-refractivity contribution in [2.24, 2.45) is 0 Å². The van der Waals surface area contributed by atoms with Crippen molar-refractivity contribution in [2.75, 3.05) is 13.2 Å². The monoisotopic (exact) mass is 222 g/mol. The number of hydrogen-bond donors (Lipinski definition) is 0. The third-order valence-corrected chi connectivity index (χ3v) is 1.44. The van der Waals surface area contributed by atoms with Crippen LogP contribution in [0.25, 0.3) is 0 Å². The van der Waals surface area contributed by atoms with E-state index >= 15 is 0 Å². The lowest BCUT2D eigenvalue weighted by atomic mass is 10.2. The molecule has 0 fully saturated rings. The van der Waals surface area contributed by atoms with Crippen LogP contribution in [-0.4, -0.2) is 41.7 Å². The average Bonchev–Trinajstić information content (AvgIpc) is 2.17. The highest BCUT2D eigenvalue weighted by molar-refractivity contribution is 5.37. The Labute approximate surface area is 82.1 Å². The van der Waals surface area contributed by atoms with Crippen LogP contribution in [0, 0.1) is 20.2 Å². The molecule has 0 aromatic rings. The van der Waals surface area contributed by atoms with E-state index < -0.39 is 28.7 Å². The van der Waals surface area contributed by atoms with Crippen molar-refractivity contribution in [2.45, 2.75) is 5.66 Å². The molecule has 0 rings (SSSR count). The lowest BCUT2D eigenvalue weighted by molar-refractivity contribution is -0.799. The van der Waals surface area contributed by atoms with E-state index in [0.717, 1.165) is 0 Å². The predicted molar refractivity (Wildman–Crippen MR) is 40.8 cm³/mol. The molecule has 0 heterocycles. The summed E-state index contributed by atoms with van der Waals surface area (Å²) in [5.74, 6) is 0. The van der Waals surface area contributed by atoms with E-state index in [-0.39, 0.29) is 12.9 Å². The predicted octanol–water partition coefficient (Wildman–Crippen LogP) is -1.42. The van der Waals surface area contributed by atoms with Crippen LogP contribution >= 0.6 is 0 Å². The number of carbonyl (C=O) groups is 2. The first kappa shape index (κ1) is 12.7. The maximum Gasteiger partial charge on any atom is 0.523 e. The van der Waals surface area contributed by atoms with Crippen molar-refractivity contribution in [3.63, 3.8) is 0 Å². The summed E-state index contributed by atoms with van der Waals surface area (Å²) in [6, 6.07) is 0.